The van der Waals surface area contributed by atoms with E-state index in [0.717, 1.165) is 40.2 Å². The van der Waals surface area contributed by atoms with Crippen LogP contribution >= 0.6 is 11.8 Å². The second kappa shape index (κ2) is 11.8. The monoisotopic (exact) mass is 539 g/mol. The van der Waals surface area contributed by atoms with E-state index in [1.54, 1.807) is 11.8 Å². The van der Waals surface area contributed by atoms with E-state index in [1.807, 2.05) is 79.2 Å². The lowest BCUT2D eigenvalue weighted by Gasteiger charge is -2.29. The molecule has 1 aliphatic heterocycles. The molecule has 0 spiro atoms. The van der Waals surface area contributed by atoms with Gasteiger partial charge in [-0.15, -0.1) is 5.10 Å². The van der Waals surface area contributed by atoms with Crippen molar-refractivity contribution in [3.05, 3.63) is 106 Å². The molecule has 0 fully saturated rings. The first-order valence-corrected chi connectivity index (χ1v) is 14.1. The molecule has 0 saturated carbocycles. The lowest BCUT2D eigenvalue weighted by atomic mass is 9.94. The maximum absolute atomic E-state index is 13.9. The molecule has 1 aliphatic rings. The van der Waals surface area contributed by atoms with Gasteiger partial charge in [0.15, 0.2) is 0 Å². The number of aromatic nitrogens is 3. The topological polar surface area (TPSA) is 81.1 Å². The van der Waals surface area contributed by atoms with Crippen LogP contribution in [0, 0.1) is 13.8 Å². The number of benzene rings is 3. The van der Waals surface area contributed by atoms with Crippen molar-refractivity contribution in [2.75, 3.05) is 16.4 Å². The molecule has 2 heterocycles. The van der Waals surface area contributed by atoms with Crippen LogP contribution in [-0.4, -0.2) is 26.4 Å². The number of allylic oxidation sites excluding steroid dienone is 1. The van der Waals surface area contributed by atoms with Gasteiger partial charge in [0.2, 0.25) is 11.1 Å². The van der Waals surface area contributed by atoms with E-state index < -0.39 is 6.04 Å². The van der Waals surface area contributed by atoms with Gasteiger partial charge in [-0.05, 0) is 56.5 Å². The Morgan fingerprint density at radius 1 is 1.03 bits per heavy atom. The Morgan fingerprint density at radius 2 is 1.77 bits per heavy atom. The molecule has 7 nitrogen and oxygen atoms in total. The molecule has 0 saturated heterocycles. The van der Waals surface area contributed by atoms with Crippen molar-refractivity contribution in [3.63, 3.8) is 0 Å². The Labute approximate surface area is 233 Å². The molecular weight excluding hydrogens is 506 g/mol. The number of carbonyl (C=O) groups is 1. The molecule has 1 aromatic heterocycles. The van der Waals surface area contributed by atoms with Gasteiger partial charge in [0.05, 0.1) is 5.57 Å². The molecule has 1 unspecified atom stereocenters. The van der Waals surface area contributed by atoms with Crippen LogP contribution in [0.1, 0.15) is 48.6 Å². The molecule has 5 rings (SSSR count). The fourth-order valence-electron chi connectivity index (χ4n) is 4.57. The first kappa shape index (κ1) is 26.6. The zero-order chi connectivity index (χ0) is 27.4. The van der Waals surface area contributed by atoms with Crippen LogP contribution in [0.2, 0.25) is 0 Å². The fourth-order valence-corrected chi connectivity index (χ4v) is 5.25. The number of carbonyl (C=O) groups excluding carboxylic acids is 1. The van der Waals surface area contributed by atoms with Crippen molar-refractivity contribution in [2.24, 2.45) is 0 Å². The highest BCUT2D eigenvalue weighted by Gasteiger charge is 2.36. The predicted molar refractivity (Wildman–Crippen MR) is 157 cm³/mol. The Kier molecular flexibility index (Phi) is 8.02. The Hall–Kier alpha value is -4.04. The number of rotatable bonds is 9. The predicted octanol–water partition coefficient (Wildman–Crippen LogP) is 6.90. The number of nitrogens with zero attached hydrogens (tertiary/aromatic N) is 3. The van der Waals surface area contributed by atoms with Crippen molar-refractivity contribution in [2.45, 2.75) is 51.9 Å². The van der Waals surface area contributed by atoms with Crippen LogP contribution in [-0.2, 0) is 11.4 Å². The summed E-state index contributed by atoms with van der Waals surface area (Å²) < 4.78 is 8.21. The number of anilines is 2. The number of para-hydroxylation sites is 1. The van der Waals surface area contributed by atoms with E-state index >= 15 is 0 Å². The first-order chi connectivity index (χ1) is 18.9. The molecule has 2 N–H and O–H groups in total. The van der Waals surface area contributed by atoms with E-state index in [4.69, 9.17) is 14.8 Å². The van der Waals surface area contributed by atoms with Crippen molar-refractivity contribution in [1.29, 1.82) is 0 Å². The molecule has 39 heavy (non-hydrogen) atoms. The first-order valence-electron chi connectivity index (χ1n) is 13.2. The van der Waals surface area contributed by atoms with Crippen LogP contribution < -0.4 is 15.4 Å². The summed E-state index contributed by atoms with van der Waals surface area (Å²) in [6, 6.07) is 23.3. The van der Waals surface area contributed by atoms with E-state index in [1.165, 1.54) is 5.56 Å². The van der Waals surface area contributed by atoms with Gasteiger partial charge in [0.25, 0.3) is 5.91 Å². The van der Waals surface area contributed by atoms with Crippen molar-refractivity contribution < 1.29 is 9.53 Å². The number of thioether (sulfide) groups is 1. The van der Waals surface area contributed by atoms with Gasteiger partial charge in [-0.25, -0.2) is 4.68 Å². The van der Waals surface area contributed by atoms with Crippen LogP contribution in [0.3, 0.4) is 0 Å². The molecule has 4 aromatic rings. The van der Waals surface area contributed by atoms with Crippen LogP contribution in [0.25, 0.3) is 0 Å². The second-order valence-corrected chi connectivity index (χ2v) is 10.7. The molecule has 200 valence electrons. The van der Waals surface area contributed by atoms with Gasteiger partial charge >= 0.3 is 0 Å². The summed E-state index contributed by atoms with van der Waals surface area (Å²) in [7, 11) is 0. The Balaban J connectivity index is 1.55. The molecule has 1 amide bonds. The number of ether oxygens (including phenoxy) is 1. The zero-order valence-corrected chi connectivity index (χ0v) is 23.5. The molecule has 8 heteroatoms. The van der Waals surface area contributed by atoms with Crippen LogP contribution in [0.5, 0.6) is 5.75 Å². The third-order valence-electron chi connectivity index (χ3n) is 6.68. The maximum Gasteiger partial charge on any atom is 0.255 e. The number of hydrogen-bond donors (Lipinski definition) is 2. The number of nitrogens with one attached hydrogen (secondary N) is 2. The van der Waals surface area contributed by atoms with E-state index in [0.29, 0.717) is 29.0 Å². The largest absolute Gasteiger partial charge is 0.489 e. The van der Waals surface area contributed by atoms with E-state index in [-0.39, 0.29) is 5.91 Å². The SMILES string of the molecule is CCCSc1nc2n(n1)C(c1ccccc1OCc1ccccc1C)C(C(=O)Nc1ccc(C)cc1)=C(C)N2. The maximum atomic E-state index is 13.9. The van der Waals surface area contributed by atoms with Crippen LogP contribution in [0.15, 0.2) is 89.2 Å². The third kappa shape index (κ3) is 5.86. The lowest BCUT2D eigenvalue weighted by Crippen LogP contribution is -2.31. The van der Waals surface area contributed by atoms with Gasteiger partial charge in [0, 0.05) is 22.7 Å². The Bertz CT molecular complexity index is 1510. The summed E-state index contributed by atoms with van der Waals surface area (Å²) in [5.41, 5.74) is 6.28. The van der Waals surface area contributed by atoms with Gasteiger partial charge < -0.3 is 15.4 Å². The Morgan fingerprint density at radius 3 is 2.54 bits per heavy atom. The summed E-state index contributed by atoms with van der Waals surface area (Å²) in [4.78, 5) is 18.6. The summed E-state index contributed by atoms with van der Waals surface area (Å²) in [6.45, 7) is 8.56. The number of aryl methyl sites for hydroxylation is 2. The van der Waals surface area contributed by atoms with Crippen molar-refractivity contribution >= 4 is 29.3 Å². The highest BCUT2D eigenvalue weighted by molar-refractivity contribution is 7.99. The average molecular weight is 540 g/mol. The smallest absolute Gasteiger partial charge is 0.255 e. The molecule has 0 aliphatic carbocycles. The zero-order valence-electron chi connectivity index (χ0n) is 22.7. The summed E-state index contributed by atoms with van der Waals surface area (Å²) in [5, 5.41) is 11.9. The fraction of sp³-hybridized carbons (Fsp3) is 0.258. The van der Waals surface area contributed by atoms with Gasteiger partial charge in [-0.1, -0.05) is 78.8 Å². The second-order valence-electron chi connectivity index (χ2n) is 9.65. The van der Waals surface area contributed by atoms with Crippen molar-refractivity contribution in [3.8, 4) is 5.75 Å². The molecule has 1 atom stereocenters. The number of hydrogen-bond acceptors (Lipinski definition) is 6. The summed E-state index contributed by atoms with van der Waals surface area (Å²) >= 11 is 1.61. The highest BCUT2D eigenvalue weighted by atomic mass is 32.2. The van der Waals surface area contributed by atoms with Gasteiger partial charge in [0.1, 0.15) is 18.4 Å². The molecule has 3 aromatic carbocycles. The normalized spacial score (nSPS) is 14.5. The number of amides is 1. The number of fused-ring (bicyclic) bond motifs is 1. The highest BCUT2D eigenvalue weighted by Crippen LogP contribution is 2.40. The molecule has 0 bridgehead atoms. The summed E-state index contributed by atoms with van der Waals surface area (Å²) in [6.07, 6.45) is 1.02. The van der Waals surface area contributed by atoms with E-state index in [9.17, 15) is 4.79 Å². The minimum absolute atomic E-state index is 0.202. The lowest BCUT2D eigenvalue weighted by molar-refractivity contribution is -0.113. The van der Waals surface area contributed by atoms with E-state index in [2.05, 4.69) is 36.6 Å². The quantitative estimate of drug-likeness (QED) is 0.225. The molecular formula is C31H33N5O2S. The molecule has 0 radical (unpaired) electrons. The minimum Gasteiger partial charge on any atom is -0.489 e. The third-order valence-corrected chi connectivity index (χ3v) is 7.72. The van der Waals surface area contributed by atoms with Crippen LogP contribution in [0.4, 0.5) is 11.6 Å². The minimum atomic E-state index is -0.525. The average Bonchev–Trinajstić information content (AvgIpc) is 3.34. The van der Waals surface area contributed by atoms with Gasteiger partial charge in [-0.3, -0.25) is 4.79 Å². The summed E-state index contributed by atoms with van der Waals surface area (Å²) in [5.74, 6) is 2.02. The van der Waals surface area contributed by atoms with Crippen molar-refractivity contribution in [1.82, 2.24) is 14.8 Å². The van der Waals surface area contributed by atoms with Gasteiger partial charge in [-0.2, -0.15) is 4.98 Å². The standard InChI is InChI=1S/C31H33N5O2S/c1-5-18-39-31-34-30-32-22(4)27(29(37)33-24-16-14-20(2)15-17-24)28(36(30)35-31)25-12-8-9-13-26(25)38-19-23-11-7-6-10-21(23)3/h6-17,28H,5,18-19H2,1-4H3,(H,33,37)(H,32,34,35).